The van der Waals surface area contributed by atoms with Crippen LogP contribution in [0.25, 0.3) is 0 Å². The first-order valence-electron chi connectivity index (χ1n) is 17.2. The van der Waals surface area contributed by atoms with Crippen molar-refractivity contribution in [3.8, 4) is 22.9 Å². The first kappa shape index (κ1) is 33.5. The second kappa shape index (κ2) is 12.1. The molecule has 2 aromatic carbocycles. The van der Waals surface area contributed by atoms with Crippen LogP contribution in [-0.2, 0) is 14.3 Å². The van der Waals surface area contributed by atoms with Gasteiger partial charge in [-0.25, -0.2) is 0 Å². The van der Waals surface area contributed by atoms with E-state index < -0.39 is 39.9 Å². The number of hydrogen-bond donors (Lipinski definition) is 0. The number of esters is 2. The lowest BCUT2D eigenvalue weighted by Gasteiger charge is -2.46. The SMILES string of the molecule is CC(C)[Si](C#Cc1ccc(C#C[Si](C(C)C)(C(C)C)C(C)C)c2c1[C@H]1c3ccccc3[C@@H]2[C@@H]2C(=O)OC(=O)[C@H]12)(C(C)C)C(C)C. The van der Waals surface area contributed by atoms with Gasteiger partial charge in [-0.15, -0.1) is 11.1 Å². The van der Waals surface area contributed by atoms with Gasteiger partial charge < -0.3 is 4.74 Å². The average molecular weight is 637 g/mol. The van der Waals surface area contributed by atoms with Gasteiger partial charge in [-0.3, -0.25) is 9.59 Å². The van der Waals surface area contributed by atoms with Gasteiger partial charge in [0.15, 0.2) is 0 Å². The van der Waals surface area contributed by atoms with Gasteiger partial charge in [0.2, 0.25) is 0 Å². The molecule has 4 atom stereocenters. The summed E-state index contributed by atoms with van der Waals surface area (Å²) < 4.78 is 5.41. The Balaban J connectivity index is 1.85. The highest BCUT2D eigenvalue weighted by Gasteiger charge is 2.61. The minimum atomic E-state index is -2.02. The Kier molecular flexibility index (Phi) is 8.97. The molecule has 1 heterocycles. The predicted octanol–water partition coefficient (Wildman–Crippen LogP) is 9.73. The van der Waals surface area contributed by atoms with Gasteiger partial charge in [0.25, 0.3) is 0 Å². The molecular formula is C40H52O3Si2. The molecular weight excluding hydrogens is 585 g/mol. The van der Waals surface area contributed by atoms with Crippen molar-refractivity contribution in [2.24, 2.45) is 11.8 Å². The molecule has 6 rings (SSSR count). The molecule has 1 saturated heterocycles. The van der Waals surface area contributed by atoms with E-state index in [9.17, 15) is 9.59 Å². The van der Waals surface area contributed by atoms with Crippen molar-refractivity contribution in [3.63, 3.8) is 0 Å². The van der Waals surface area contributed by atoms with Gasteiger partial charge in [0, 0.05) is 23.0 Å². The fraction of sp³-hybridized carbons (Fsp3) is 0.550. The van der Waals surface area contributed by atoms with E-state index in [1.54, 1.807) is 0 Å². The first-order valence-corrected chi connectivity index (χ1v) is 21.7. The zero-order valence-corrected chi connectivity index (χ0v) is 31.5. The van der Waals surface area contributed by atoms with Crippen LogP contribution >= 0.6 is 0 Å². The lowest BCUT2D eigenvalue weighted by molar-refractivity contribution is -0.153. The Labute approximate surface area is 274 Å². The van der Waals surface area contributed by atoms with Crippen molar-refractivity contribution in [2.45, 2.75) is 128 Å². The Morgan fingerprint density at radius 3 is 1.13 bits per heavy atom. The van der Waals surface area contributed by atoms with Gasteiger partial charge in [0.1, 0.15) is 16.1 Å². The van der Waals surface area contributed by atoms with Gasteiger partial charge in [-0.1, -0.05) is 119 Å². The van der Waals surface area contributed by atoms with Crippen LogP contribution in [-0.4, -0.2) is 28.1 Å². The molecule has 0 spiro atoms. The highest BCUT2D eigenvalue weighted by atomic mass is 28.3. The number of hydrogen-bond acceptors (Lipinski definition) is 3. The number of ether oxygens (including phenoxy) is 1. The first-order chi connectivity index (χ1) is 21.1. The van der Waals surface area contributed by atoms with Crippen molar-refractivity contribution < 1.29 is 14.3 Å². The summed E-state index contributed by atoms with van der Waals surface area (Å²) in [5.74, 6) is 5.17. The normalized spacial score (nSPS) is 22.0. The molecule has 0 radical (unpaired) electrons. The molecule has 3 nitrogen and oxygen atoms in total. The third-order valence-electron chi connectivity index (χ3n) is 12.0. The van der Waals surface area contributed by atoms with E-state index in [0.29, 0.717) is 33.2 Å². The van der Waals surface area contributed by atoms with Crippen molar-refractivity contribution in [1.82, 2.24) is 0 Å². The summed E-state index contributed by atoms with van der Waals surface area (Å²) in [4.78, 5) is 26.8. The smallest absolute Gasteiger partial charge is 0.318 e. The van der Waals surface area contributed by atoms with Crippen LogP contribution in [0.2, 0.25) is 33.2 Å². The van der Waals surface area contributed by atoms with E-state index in [0.717, 1.165) is 33.4 Å². The van der Waals surface area contributed by atoms with Crippen LogP contribution in [0.4, 0.5) is 0 Å². The Bertz CT molecular complexity index is 1480. The van der Waals surface area contributed by atoms with E-state index in [1.165, 1.54) is 0 Å². The van der Waals surface area contributed by atoms with E-state index in [-0.39, 0.29) is 11.8 Å². The second-order valence-electron chi connectivity index (χ2n) is 15.7. The van der Waals surface area contributed by atoms with Crippen molar-refractivity contribution in [2.75, 3.05) is 0 Å². The van der Waals surface area contributed by atoms with Crippen LogP contribution < -0.4 is 0 Å². The summed E-state index contributed by atoms with van der Waals surface area (Å²) in [5, 5.41) is 0. The van der Waals surface area contributed by atoms with Crippen LogP contribution in [0.3, 0.4) is 0 Å². The summed E-state index contributed by atoms with van der Waals surface area (Å²) in [5.41, 5.74) is 17.4. The molecule has 3 aliphatic carbocycles. The van der Waals surface area contributed by atoms with E-state index >= 15 is 0 Å². The summed E-state index contributed by atoms with van der Waals surface area (Å²) in [6.45, 7) is 28.1. The standard InChI is InChI=1S/C40H52O3Si2/c1-23(2)44(24(3)4,25(5)6)21-19-29-17-18-30(20-22-45(26(7)8,27(9)10)28(11)12)34-33(29)35-31-15-13-14-16-32(31)36(34)38-37(35)39(41)43-40(38)42/h13-18,23-28,35-38H,1-12H3/t35-,36+,37-,38+. The average Bonchev–Trinajstić information content (AvgIpc) is 3.27. The van der Waals surface area contributed by atoms with E-state index in [2.05, 4.69) is 130 Å². The van der Waals surface area contributed by atoms with Gasteiger partial charge in [-0.05, 0) is 67.6 Å². The van der Waals surface area contributed by atoms with Gasteiger partial charge in [-0.2, -0.15) is 0 Å². The zero-order valence-electron chi connectivity index (χ0n) is 29.5. The fourth-order valence-electron chi connectivity index (χ4n) is 10.1. The molecule has 0 aromatic heterocycles. The number of carbonyl (C=O) groups is 2. The minimum absolute atomic E-state index is 0.272. The van der Waals surface area contributed by atoms with Crippen LogP contribution in [0, 0.1) is 34.8 Å². The van der Waals surface area contributed by atoms with E-state index in [1.807, 2.05) is 12.1 Å². The molecule has 45 heavy (non-hydrogen) atoms. The molecule has 0 N–H and O–H groups in total. The van der Waals surface area contributed by atoms with Crippen molar-refractivity contribution in [3.05, 3.63) is 69.8 Å². The third kappa shape index (κ3) is 4.92. The zero-order chi connectivity index (χ0) is 33.2. The molecule has 238 valence electrons. The number of rotatable bonds is 6. The van der Waals surface area contributed by atoms with Crippen LogP contribution in [0.1, 0.15) is 128 Å². The molecule has 2 aromatic rings. The molecule has 1 aliphatic heterocycles. The number of cyclic esters (lactones) is 2. The van der Waals surface area contributed by atoms with Crippen LogP contribution in [0.5, 0.6) is 0 Å². The van der Waals surface area contributed by atoms with Crippen LogP contribution in [0.15, 0.2) is 36.4 Å². The quantitative estimate of drug-likeness (QED) is 0.137. The largest absolute Gasteiger partial charge is 0.393 e. The fourth-order valence-corrected chi connectivity index (χ4v) is 20.5. The Hall–Kier alpha value is -2.87. The summed E-state index contributed by atoms with van der Waals surface area (Å²) >= 11 is 0. The second-order valence-corrected chi connectivity index (χ2v) is 26.8. The molecule has 1 fully saturated rings. The topological polar surface area (TPSA) is 43.4 Å². The summed E-state index contributed by atoms with van der Waals surface area (Å²) in [7, 11) is -4.04. The van der Waals surface area contributed by atoms with Gasteiger partial charge in [0.05, 0.1) is 11.8 Å². The predicted molar refractivity (Wildman–Crippen MR) is 191 cm³/mol. The maximum absolute atomic E-state index is 13.4. The number of carbonyl (C=O) groups excluding carboxylic acids is 2. The minimum Gasteiger partial charge on any atom is -0.393 e. The molecule has 0 unspecified atom stereocenters. The van der Waals surface area contributed by atoms with Crippen molar-refractivity contribution >= 4 is 28.1 Å². The van der Waals surface area contributed by atoms with E-state index in [4.69, 9.17) is 4.74 Å². The summed E-state index contributed by atoms with van der Waals surface area (Å²) in [6.07, 6.45) is 0. The summed E-state index contributed by atoms with van der Waals surface area (Å²) in [6, 6.07) is 12.7. The molecule has 0 saturated carbocycles. The molecule has 4 aliphatic rings. The Morgan fingerprint density at radius 2 is 0.844 bits per heavy atom. The molecule has 2 bridgehead atoms. The lowest BCUT2D eigenvalue weighted by Crippen LogP contribution is -2.44. The highest BCUT2D eigenvalue weighted by Crippen LogP contribution is 2.62. The maximum atomic E-state index is 13.4. The van der Waals surface area contributed by atoms with Gasteiger partial charge >= 0.3 is 11.9 Å². The third-order valence-corrected chi connectivity index (χ3v) is 24.6. The lowest BCUT2D eigenvalue weighted by atomic mass is 9.53. The molecule has 5 heteroatoms. The maximum Gasteiger partial charge on any atom is 0.318 e. The monoisotopic (exact) mass is 636 g/mol. The Morgan fingerprint density at radius 1 is 0.533 bits per heavy atom. The highest BCUT2D eigenvalue weighted by molar-refractivity contribution is 6.91. The molecule has 0 amide bonds. The van der Waals surface area contributed by atoms with Crippen molar-refractivity contribution in [1.29, 1.82) is 0 Å². The number of benzene rings is 2.